The summed E-state index contributed by atoms with van der Waals surface area (Å²) in [4.78, 5) is 2.34. The van der Waals surface area contributed by atoms with E-state index in [9.17, 15) is 4.39 Å². The normalized spacial score (nSPS) is 21.6. The Morgan fingerprint density at radius 1 is 1.50 bits per heavy atom. The SMILES string of the molecule is CCC(C)C1CN(c2cc(F)c(Br)cc2C)CCCN1. The number of hydrogen-bond acceptors (Lipinski definition) is 2. The molecular formula is C16H24BrFN2. The molecule has 1 aliphatic heterocycles. The summed E-state index contributed by atoms with van der Waals surface area (Å²) in [7, 11) is 0. The van der Waals surface area contributed by atoms with Crippen LogP contribution in [0, 0.1) is 18.7 Å². The van der Waals surface area contributed by atoms with Crippen LogP contribution in [0.15, 0.2) is 16.6 Å². The summed E-state index contributed by atoms with van der Waals surface area (Å²) >= 11 is 3.26. The van der Waals surface area contributed by atoms with Gasteiger partial charge in [0.2, 0.25) is 0 Å². The monoisotopic (exact) mass is 342 g/mol. The average Bonchev–Trinajstić information content (AvgIpc) is 2.68. The van der Waals surface area contributed by atoms with E-state index < -0.39 is 0 Å². The fourth-order valence-electron chi connectivity index (χ4n) is 2.81. The molecule has 20 heavy (non-hydrogen) atoms. The number of nitrogens with one attached hydrogen (secondary N) is 1. The highest BCUT2D eigenvalue weighted by Gasteiger charge is 2.23. The third kappa shape index (κ3) is 3.53. The maximum absolute atomic E-state index is 13.8. The molecule has 0 spiro atoms. The predicted octanol–water partition coefficient (Wildman–Crippen LogP) is 4.11. The minimum Gasteiger partial charge on any atom is -0.370 e. The van der Waals surface area contributed by atoms with E-state index in [2.05, 4.69) is 46.9 Å². The van der Waals surface area contributed by atoms with Crippen molar-refractivity contribution in [2.24, 2.45) is 5.92 Å². The van der Waals surface area contributed by atoms with Crippen LogP contribution in [-0.4, -0.2) is 25.7 Å². The highest BCUT2D eigenvalue weighted by atomic mass is 79.9. The van der Waals surface area contributed by atoms with Gasteiger partial charge in [0, 0.05) is 24.8 Å². The van der Waals surface area contributed by atoms with Gasteiger partial charge in [0.25, 0.3) is 0 Å². The minimum atomic E-state index is -0.178. The van der Waals surface area contributed by atoms with E-state index in [1.54, 1.807) is 6.07 Å². The van der Waals surface area contributed by atoms with Gasteiger partial charge in [-0.2, -0.15) is 0 Å². The summed E-state index contributed by atoms with van der Waals surface area (Å²) in [5, 5.41) is 3.63. The van der Waals surface area contributed by atoms with Crippen molar-refractivity contribution in [3.8, 4) is 0 Å². The number of halogens is 2. The fourth-order valence-corrected chi connectivity index (χ4v) is 3.27. The second-order valence-corrected chi connectivity index (χ2v) is 6.65. The summed E-state index contributed by atoms with van der Waals surface area (Å²) < 4.78 is 14.4. The van der Waals surface area contributed by atoms with Gasteiger partial charge in [-0.3, -0.25) is 0 Å². The first-order valence-corrected chi connectivity index (χ1v) is 8.26. The van der Waals surface area contributed by atoms with Gasteiger partial charge in [-0.1, -0.05) is 20.3 Å². The zero-order valence-corrected chi connectivity index (χ0v) is 14.1. The molecule has 2 rings (SSSR count). The van der Waals surface area contributed by atoms with Gasteiger partial charge in [0.05, 0.1) is 4.47 Å². The van der Waals surface area contributed by atoms with E-state index >= 15 is 0 Å². The zero-order chi connectivity index (χ0) is 14.7. The second kappa shape index (κ2) is 6.90. The number of anilines is 1. The Morgan fingerprint density at radius 2 is 2.25 bits per heavy atom. The average molecular weight is 343 g/mol. The van der Waals surface area contributed by atoms with Crippen LogP contribution in [0.4, 0.5) is 10.1 Å². The first kappa shape index (κ1) is 15.8. The Hall–Kier alpha value is -0.610. The van der Waals surface area contributed by atoms with Crippen LogP contribution < -0.4 is 10.2 Å². The molecule has 4 heteroatoms. The number of nitrogens with zero attached hydrogens (tertiary/aromatic N) is 1. The minimum absolute atomic E-state index is 0.178. The molecule has 0 aromatic heterocycles. The van der Waals surface area contributed by atoms with E-state index in [-0.39, 0.29) is 5.82 Å². The lowest BCUT2D eigenvalue weighted by Crippen LogP contribution is -2.42. The first-order valence-electron chi connectivity index (χ1n) is 7.47. The summed E-state index contributed by atoms with van der Waals surface area (Å²) in [6.07, 6.45) is 2.27. The third-order valence-electron chi connectivity index (χ3n) is 4.34. The molecule has 1 aromatic rings. The fraction of sp³-hybridized carbons (Fsp3) is 0.625. The van der Waals surface area contributed by atoms with Crippen LogP contribution in [0.2, 0.25) is 0 Å². The van der Waals surface area contributed by atoms with Gasteiger partial charge in [0.1, 0.15) is 5.82 Å². The van der Waals surface area contributed by atoms with Crippen LogP contribution in [0.3, 0.4) is 0 Å². The molecule has 0 radical (unpaired) electrons. The second-order valence-electron chi connectivity index (χ2n) is 5.80. The molecule has 1 N–H and O–H groups in total. The Morgan fingerprint density at radius 3 is 2.95 bits per heavy atom. The standard InChI is InChI=1S/C16H24BrFN2/c1-4-11(2)15-10-20(7-5-6-19-15)16-9-14(18)13(17)8-12(16)3/h8-9,11,15,19H,4-7,10H2,1-3H3. The molecule has 0 aliphatic carbocycles. The van der Waals surface area contributed by atoms with Crippen molar-refractivity contribution in [1.29, 1.82) is 0 Å². The van der Waals surface area contributed by atoms with Crippen molar-refractivity contribution in [3.63, 3.8) is 0 Å². The van der Waals surface area contributed by atoms with Crippen molar-refractivity contribution >= 4 is 21.6 Å². The number of hydrogen-bond donors (Lipinski definition) is 1. The van der Waals surface area contributed by atoms with Gasteiger partial charge in [0.15, 0.2) is 0 Å². The Kier molecular flexibility index (Phi) is 5.44. The molecular weight excluding hydrogens is 319 g/mol. The topological polar surface area (TPSA) is 15.3 Å². The lowest BCUT2D eigenvalue weighted by molar-refractivity contribution is 0.384. The van der Waals surface area contributed by atoms with Crippen molar-refractivity contribution in [2.45, 2.75) is 39.7 Å². The lowest BCUT2D eigenvalue weighted by Gasteiger charge is -2.30. The smallest absolute Gasteiger partial charge is 0.139 e. The molecule has 0 saturated carbocycles. The van der Waals surface area contributed by atoms with E-state index in [1.165, 1.54) is 6.42 Å². The number of aryl methyl sites for hydroxylation is 1. The van der Waals surface area contributed by atoms with Crippen LogP contribution in [0.5, 0.6) is 0 Å². The summed E-state index contributed by atoms with van der Waals surface area (Å²) in [5.41, 5.74) is 2.16. The van der Waals surface area contributed by atoms with Crippen LogP contribution in [0.25, 0.3) is 0 Å². The Labute approximate surface area is 129 Å². The Balaban J connectivity index is 2.24. The van der Waals surface area contributed by atoms with E-state index in [1.807, 2.05) is 6.07 Å². The summed E-state index contributed by atoms with van der Waals surface area (Å²) in [6, 6.07) is 4.02. The van der Waals surface area contributed by atoms with Gasteiger partial charge < -0.3 is 10.2 Å². The van der Waals surface area contributed by atoms with Crippen LogP contribution >= 0.6 is 15.9 Å². The predicted molar refractivity (Wildman–Crippen MR) is 86.9 cm³/mol. The highest BCUT2D eigenvalue weighted by molar-refractivity contribution is 9.10. The van der Waals surface area contributed by atoms with E-state index in [0.717, 1.165) is 37.3 Å². The Bertz CT molecular complexity index is 464. The molecule has 1 heterocycles. The molecule has 1 aliphatic rings. The van der Waals surface area contributed by atoms with Crippen LogP contribution in [0.1, 0.15) is 32.3 Å². The molecule has 2 atom stereocenters. The third-order valence-corrected chi connectivity index (χ3v) is 4.95. The van der Waals surface area contributed by atoms with Crippen molar-refractivity contribution in [1.82, 2.24) is 5.32 Å². The zero-order valence-electron chi connectivity index (χ0n) is 12.5. The quantitative estimate of drug-likeness (QED) is 0.889. The molecule has 0 bridgehead atoms. The molecule has 1 saturated heterocycles. The largest absolute Gasteiger partial charge is 0.370 e. The highest BCUT2D eigenvalue weighted by Crippen LogP contribution is 2.28. The van der Waals surface area contributed by atoms with E-state index in [4.69, 9.17) is 0 Å². The number of benzene rings is 1. The number of rotatable bonds is 3. The van der Waals surface area contributed by atoms with Crippen molar-refractivity contribution in [2.75, 3.05) is 24.5 Å². The summed E-state index contributed by atoms with van der Waals surface area (Å²) in [6.45, 7) is 9.56. The van der Waals surface area contributed by atoms with Gasteiger partial charge in [-0.05, 0) is 59.4 Å². The summed E-state index contributed by atoms with van der Waals surface area (Å²) in [5.74, 6) is 0.457. The van der Waals surface area contributed by atoms with E-state index in [0.29, 0.717) is 16.4 Å². The van der Waals surface area contributed by atoms with Crippen molar-refractivity contribution in [3.05, 3.63) is 28.0 Å². The molecule has 0 amide bonds. The van der Waals surface area contributed by atoms with Gasteiger partial charge in [-0.25, -0.2) is 4.39 Å². The van der Waals surface area contributed by atoms with Gasteiger partial charge in [-0.15, -0.1) is 0 Å². The van der Waals surface area contributed by atoms with Crippen molar-refractivity contribution < 1.29 is 4.39 Å². The maximum Gasteiger partial charge on any atom is 0.139 e. The molecule has 2 unspecified atom stereocenters. The molecule has 1 fully saturated rings. The molecule has 112 valence electrons. The molecule has 2 nitrogen and oxygen atoms in total. The lowest BCUT2D eigenvalue weighted by atomic mass is 9.98. The maximum atomic E-state index is 13.8. The molecule has 1 aromatic carbocycles. The first-order chi connectivity index (χ1) is 9.52. The van der Waals surface area contributed by atoms with Gasteiger partial charge >= 0.3 is 0 Å². The van der Waals surface area contributed by atoms with Crippen LogP contribution in [-0.2, 0) is 0 Å².